The first-order valence-electron chi connectivity index (χ1n) is 5.44. The first kappa shape index (κ1) is 12.1. The summed E-state index contributed by atoms with van der Waals surface area (Å²) in [5, 5.41) is 8.78. The van der Waals surface area contributed by atoms with Crippen LogP contribution in [0.1, 0.15) is 23.7 Å². The van der Waals surface area contributed by atoms with E-state index >= 15 is 0 Å². The minimum absolute atomic E-state index is 0.106. The van der Waals surface area contributed by atoms with Gasteiger partial charge in [0, 0.05) is 12.0 Å². The van der Waals surface area contributed by atoms with Gasteiger partial charge in [-0.1, -0.05) is 0 Å². The molecule has 0 amide bonds. The summed E-state index contributed by atoms with van der Waals surface area (Å²) in [6.07, 6.45) is -0.106. The van der Waals surface area contributed by atoms with Crippen molar-refractivity contribution in [2.45, 2.75) is 13.3 Å². The number of benzene rings is 1. The number of nitriles is 1. The van der Waals surface area contributed by atoms with E-state index in [1.165, 1.54) is 6.92 Å². The summed E-state index contributed by atoms with van der Waals surface area (Å²) >= 11 is 0. The van der Waals surface area contributed by atoms with Crippen LogP contribution >= 0.6 is 0 Å². The van der Waals surface area contributed by atoms with Gasteiger partial charge in [0.1, 0.15) is 11.7 Å². The molecule has 5 nitrogen and oxygen atoms in total. The third-order valence-corrected chi connectivity index (χ3v) is 2.73. The van der Waals surface area contributed by atoms with E-state index < -0.39 is 5.92 Å². The first-order valence-corrected chi connectivity index (χ1v) is 5.44. The van der Waals surface area contributed by atoms with E-state index in [9.17, 15) is 9.59 Å². The summed E-state index contributed by atoms with van der Waals surface area (Å²) in [5.74, 6) is -0.336. The molecular weight excluding hydrogens is 234 g/mol. The van der Waals surface area contributed by atoms with Crippen LogP contribution in [0.15, 0.2) is 18.2 Å². The fraction of sp³-hybridized carbons (Fsp3) is 0.308. The average Bonchev–Trinajstić information content (AvgIpc) is 2.82. The van der Waals surface area contributed by atoms with Gasteiger partial charge in [-0.3, -0.25) is 9.59 Å². The van der Waals surface area contributed by atoms with Crippen LogP contribution in [0.4, 0.5) is 0 Å². The maximum Gasteiger partial charge on any atom is 0.231 e. The Bertz CT molecular complexity index is 544. The van der Waals surface area contributed by atoms with Gasteiger partial charge in [-0.2, -0.15) is 5.26 Å². The zero-order chi connectivity index (χ0) is 13.1. The number of ketones is 2. The second-order valence-electron chi connectivity index (χ2n) is 3.99. The lowest BCUT2D eigenvalue weighted by Gasteiger charge is -2.05. The lowest BCUT2D eigenvalue weighted by molar-refractivity contribution is -0.119. The van der Waals surface area contributed by atoms with Gasteiger partial charge in [0.2, 0.25) is 6.79 Å². The quantitative estimate of drug-likeness (QED) is 0.755. The van der Waals surface area contributed by atoms with Gasteiger partial charge >= 0.3 is 0 Å². The van der Waals surface area contributed by atoms with Gasteiger partial charge in [0.25, 0.3) is 0 Å². The van der Waals surface area contributed by atoms with E-state index in [2.05, 4.69) is 0 Å². The predicted octanol–water partition coefficient (Wildman–Crippen LogP) is 1.72. The van der Waals surface area contributed by atoms with E-state index in [0.29, 0.717) is 17.1 Å². The van der Waals surface area contributed by atoms with Crippen LogP contribution in [0.2, 0.25) is 0 Å². The van der Waals surface area contributed by atoms with Gasteiger partial charge in [-0.15, -0.1) is 0 Å². The number of ether oxygens (including phenoxy) is 2. The Hall–Kier alpha value is -2.35. The Morgan fingerprint density at radius 1 is 1.39 bits per heavy atom. The number of rotatable bonds is 4. The first-order chi connectivity index (χ1) is 8.61. The molecule has 0 saturated carbocycles. The fourth-order valence-electron chi connectivity index (χ4n) is 1.65. The minimum Gasteiger partial charge on any atom is -0.454 e. The Kier molecular flexibility index (Phi) is 3.28. The van der Waals surface area contributed by atoms with Crippen molar-refractivity contribution in [1.29, 1.82) is 5.26 Å². The topological polar surface area (TPSA) is 76.4 Å². The summed E-state index contributed by atoms with van der Waals surface area (Å²) in [4.78, 5) is 23.0. The number of fused-ring (bicyclic) bond motifs is 1. The standard InChI is InChI=1S/C13H11NO4/c1-8(15)10(6-14)4-11(16)9-2-3-12-13(5-9)18-7-17-12/h2-3,5,10H,4,7H2,1H3. The highest BCUT2D eigenvalue weighted by atomic mass is 16.7. The van der Waals surface area contributed by atoms with Crippen molar-refractivity contribution in [1.82, 2.24) is 0 Å². The third kappa shape index (κ3) is 2.33. The van der Waals surface area contributed by atoms with Crippen LogP contribution in [-0.2, 0) is 4.79 Å². The fourth-order valence-corrected chi connectivity index (χ4v) is 1.65. The van der Waals surface area contributed by atoms with Crippen molar-refractivity contribution in [3.63, 3.8) is 0 Å². The van der Waals surface area contributed by atoms with Crippen LogP contribution in [0, 0.1) is 17.2 Å². The SMILES string of the molecule is CC(=O)C(C#N)CC(=O)c1ccc2c(c1)OCO2. The third-order valence-electron chi connectivity index (χ3n) is 2.73. The molecule has 18 heavy (non-hydrogen) atoms. The Morgan fingerprint density at radius 2 is 2.11 bits per heavy atom. The molecule has 0 radical (unpaired) electrons. The molecule has 92 valence electrons. The van der Waals surface area contributed by atoms with Gasteiger partial charge in [-0.25, -0.2) is 0 Å². The van der Waals surface area contributed by atoms with Crippen molar-refractivity contribution in [3.05, 3.63) is 23.8 Å². The van der Waals surface area contributed by atoms with Gasteiger partial charge in [0.15, 0.2) is 17.3 Å². The summed E-state index contributed by atoms with van der Waals surface area (Å²) < 4.78 is 10.3. The van der Waals surface area contributed by atoms with Crippen LogP contribution in [0.3, 0.4) is 0 Å². The van der Waals surface area contributed by atoms with E-state index in [4.69, 9.17) is 14.7 Å². The van der Waals surface area contributed by atoms with E-state index in [1.807, 2.05) is 6.07 Å². The molecule has 1 atom stereocenters. The Morgan fingerprint density at radius 3 is 2.78 bits per heavy atom. The van der Waals surface area contributed by atoms with E-state index in [1.54, 1.807) is 18.2 Å². The van der Waals surface area contributed by atoms with Gasteiger partial charge < -0.3 is 9.47 Å². The van der Waals surface area contributed by atoms with E-state index in [0.717, 1.165) is 0 Å². The Labute approximate surface area is 104 Å². The lowest BCUT2D eigenvalue weighted by Crippen LogP contribution is -2.14. The molecule has 1 heterocycles. The number of Topliss-reactive ketones (excluding diaryl/α,β-unsaturated/α-hetero) is 2. The molecule has 1 aliphatic heterocycles. The molecule has 0 aliphatic carbocycles. The molecular formula is C13H11NO4. The van der Waals surface area contributed by atoms with Crippen molar-refractivity contribution < 1.29 is 19.1 Å². The average molecular weight is 245 g/mol. The second kappa shape index (κ2) is 4.88. The van der Waals surface area contributed by atoms with Crippen molar-refractivity contribution in [2.24, 2.45) is 5.92 Å². The van der Waals surface area contributed by atoms with Crippen molar-refractivity contribution in [2.75, 3.05) is 6.79 Å². The summed E-state index contributed by atoms with van der Waals surface area (Å²) in [6.45, 7) is 1.45. The van der Waals surface area contributed by atoms with Crippen LogP contribution in [0.5, 0.6) is 11.5 Å². The molecule has 0 bridgehead atoms. The number of carbonyl (C=O) groups excluding carboxylic acids is 2. The second-order valence-corrected chi connectivity index (χ2v) is 3.99. The maximum absolute atomic E-state index is 11.9. The molecule has 0 aromatic heterocycles. The molecule has 5 heteroatoms. The molecule has 0 fully saturated rings. The number of hydrogen-bond donors (Lipinski definition) is 0. The monoisotopic (exact) mass is 245 g/mol. The summed E-state index contributed by atoms with van der Waals surface area (Å²) in [6, 6.07) is 6.64. The molecule has 0 saturated heterocycles. The normalized spacial score (nSPS) is 13.8. The van der Waals surface area contributed by atoms with E-state index in [-0.39, 0.29) is 24.8 Å². The Balaban J connectivity index is 2.15. The summed E-state index contributed by atoms with van der Waals surface area (Å²) in [5.41, 5.74) is 0.417. The molecule has 1 aromatic carbocycles. The number of nitrogens with zero attached hydrogens (tertiary/aromatic N) is 1. The lowest BCUT2D eigenvalue weighted by atomic mass is 9.96. The number of carbonyl (C=O) groups is 2. The number of hydrogen-bond acceptors (Lipinski definition) is 5. The molecule has 0 spiro atoms. The van der Waals surface area contributed by atoms with Gasteiger partial charge in [0.05, 0.1) is 6.07 Å². The predicted molar refractivity (Wildman–Crippen MR) is 61.3 cm³/mol. The largest absolute Gasteiger partial charge is 0.454 e. The highest BCUT2D eigenvalue weighted by molar-refractivity contribution is 5.99. The van der Waals surface area contributed by atoms with Crippen molar-refractivity contribution in [3.8, 4) is 17.6 Å². The molecule has 2 rings (SSSR count). The highest BCUT2D eigenvalue weighted by Crippen LogP contribution is 2.32. The minimum atomic E-state index is -0.886. The zero-order valence-corrected chi connectivity index (χ0v) is 9.80. The summed E-state index contributed by atoms with van der Waals surface area (Å²) in [7, 11) is 0. The van der Waals surface area contributed by atoms with Gasteiger partial charge in [-0.05, 0) is 25.1 Å². The van der Waals surface area contributed by atoms with Crippen LogP contribution < -0.4 is 9.47 Å². The zero-order valence-electron chi connectivity index (χ0n) is 9.80. The maximum atomic E-state index is 11.9. The molecule has 1 aromatic rings. The van der Waals surface area contributed by atoms with Crippen molar-refractivity contribution >= 4 is 11.6 Å². The van der Waals surface area contributed by atoms with Crippen LogP contribution in [-0.4, -0.2) is 18.4 Å². The smallest absolute Gasteiger partial charge is 0.231 e. The molecule has 0 N–H and O–H groups in total. The van der Waals surface area contributed by atoms with Crippen LogP contribution in [0.25, 0.3) is 0 Å². The highest BCUT2D eigenvalue weighted by Gasteiger charge is 2.21. The molecule has 1 aliphatic rings. The molecule has 1 unspecified atom stereocenters.